The number of nitrogens with zero attached hydrogens (tertiary/aromatic N) is 1. The summed E-state index contributed by atoms with van der Waals surface area (Å²) in [4.78, 5) is 15.4. The highest BCUT2D eigenvalue weighted by atomic mass is 79.9. The quantitative estimate of drug-likeness (QED) is 0.932. The summed E-state index contributed by atoms with van der Waals surface area (Å²) in [6.07, 6.45) is 0.242. The van der Waals surface area contributed by atoms with Crippen LogP contribution in [0.3, 0.4) is 0 Å². The van der Waals surface area contributed by atoms with Gasteiger partial charge in [-0.2, -0.15) is 0 Å². The molecular weight excluding hydrogens is 323 g/mol. The van der Waals surface area contributed by atoms with Crippen LogP contribution < -0.4 is 10.1 Å². The molecule has 1 N–H and O–H groups in total. The highest BCUT2D eigenvalue weighted by Crippen LogP contribution is 2.33. The van der Waals surface area contributed by atoms with Gasteiger partial charge in [-0.25, -0.2) is 14.2 Å². The number of fused-ring (bicyclic) bond motifs is 1. The van der Waals surface area contributed by atoms with Gasteiger partial charge in [0.25, 0.3) is 5.19 Å². The predicted molar refractivity (Wildman–Crippen MR) is 71.6 cm³/mol. The summed E-state index contributed by atoms with van der Waals surface area (Å²) >= 11 is 4.10. The number of amides is 1. The lowest BCUT2D eigenvalue weighted by Gasteiger charge is -2.00. The molecule has 0 fully saturated rings. The molecule has 0 saturated carbocycles. The molecule has 1 heterocycles. The molecule has 0 atom stereocenters. The SMILES string of the molecule is CCCNC(=O)Oc1nc2ccc(Br)c(F)c2s1. The van der Waals surface area contributed by atoms with Crippen LogP contribution in [0.1, 0.15) is 13.3 Å². The van der Waals surface area contributed by atoms with Crippen molar-refractivity contribution in [1.82, 2.24) is 10.3 Å². The normalized spacial score (nSPS) is 10.6. The Kier molecular flexibility index (Phi) is 4.13. The molecule has 1 amide bonds. The van der Waals surface area contributed by atoms with Crippen molar-refractivity contribution < 1.29 is 13.9 Å². The molecule has 0 aliphatic heterocycles. The maximum atomic E-state index is 13.7. The van der Waals surface area contributed by atoms with Crippen LogP contribution in [0.4, 0.5) is 9.18 Å². The average Bonchev–Trinajstić information content (AvgIpc) is 2.75. The first kappa shape index (κ1) is 13.2. The standard InChI is InChI=1S/C11H10BrFN2O2S/c1-2-5-14-10(16)17-11-15-7-4-3-6(12)8(13)9(7)18-11/h3-4H,2,5H2,1H3,(H,14,16). The summed E-state index contributed by atoms with van der Waals surface area (Å²) in [6, 6.07) is 3.23. The fourth-order valence-corrected chi connectivity index (χ4v) is 2.62. The minimum absolute atomic E-state index is 0.135. The molecule has 4 nitrogen and oxygen atoms in total. The fraction of sp³-hybridized carbons (Fsp3) is 0.273. The molecule has 0 saturated heterocycles. The van der Waals surface area contributed by atoms with Gasteiger partial charge in [0.2, 0.25) is 0 Å². The number of ether oxygens (including phenoxy) is 1. The van der Waals surface area contributed by atoms with Gasteiger partial charge in [-0.15, -0.1) is 0 Å². The van der Waals surface area contributed by atoms with E-state index >= 15 is 0 Å². The van der Waals surface area contributed by atoms with E-state index in [-0.39, 0.29) is 5.19 Å². The number of hydrogen-bond donors (Lipinski definition) is 1. The number of rotatable bonds is 3. The highest BCUT2D eigenvalue weighted by molar-refractivity contribution is 9.10. The van der Waals surface area contributed by atoms with Gasteiger partial charge in [-0.1, -0.05) is 18.3 Å². The lowest BCUT2D eigenvalue weighted by atomic mass is 10.3. The van der Waals surface area contributed by atoms with E-state index in [1.54, 1.807) is 12.1 Å². The molecule has 2 rings (SSSR count). The first-order chi connectivity index (χ1) is 8.61. The first-order valence-corrected chi connectivity index (χ1v) is 6.93. The Morgan fingerprint density at radius 2 is 2.39 bits per heavy atom. The van der Waals surface area contributed by atoms with E-state index in [0.29, 0.717) is 21.2 Å². The monoisotopic (exact) mass is 332 g/mol. The summed E-state index contributed by atoms with van der Waals surface area (Å²) in [5.74, 6) is -0.395. The second-order valence-electron chi connectivity index (χ2n) is 3.51. The third-order valence-corrected chi connectivity index (χ3v) is 3.68. The topological polar surface area (TPSA) is 51.2 Å². The minimum Gasteiger partial charge on any atom is -0.381 e. The smallest absolute Gasteiger partial charge is 0.381 e. The van der Waals surface area contributed by atoms with Crippen molar-refractivity contribution in [2.24, 2.45) is 0 Å². The number of thiazole rings is 1. The van der Waals surface area contributed by atoms with E-state index in [1.807, 2.05) is 6.92 Å². The second kappa shape index (κ2) is 5.62. The van der Waals surface area contributed by atoms with Gasteiger partial charge >= 0.3 is 6.09 Å². The van der Waals surface area contributed by atoms with Gasteiger partial charge in [0, 0.05) is 6.54 Å². The zero-order valence-electron chi connectivity index (χ0n) is 9.50. The molecule has 0 spiro atoms. The van der Waals surface area contributed by atoms with Crippen LogP contribution in [0.2, 0.25) is 0 Å². The van der Waals surface area contributed by atoms with Crippen molar-refractivity contribution in [3.63, 3.8) is 0 Å². The van der Waals surface area contributed by atoms with E-state index < -0.39 is 11.9 Å². The van der Waals surface area contributed by atoms with Crippen LogP contribution in [0.25, 0.3) is 10.2 Å². The summed E-state index contributed by atoms with van der Waals surface area (Å²) in [5.41, 5.74) is 0.471. The third-order valence-electron chi connectivity index (χ3n) is 2.13. The Hall–Kier alpha value is -1.21. The molecule has 0 aliphatic rings. The number of hydrogen-bond acceptors (Lipinski definition) is 4. The van der Waals surface area contributed by atoms with E-state index in [9.17, 15) is 9.18 Å². The maximum absolute atomic E-state index is 13.7. The molecule has 0 bridgehead atoms. The largest absolute Gasteiger partial charge is 0.414 e. The van der Waals surface area contributed by atoms with Crippen molar-refractivity contribution in [1.29, 1.82) is 0 Å². The molecule has 0 unspecified atom stereocenters. The number of benzene rings is 1. The third kappa shape index (κ3) is 2.78. The highest BCUT2D eigenvalue weighted by Gasteiger charge is 2.14. The number of halogens is 2. The van der Waals surface area contributed by atoms with Crippen LogP contribution in [0, 0.1) is 5.82 Å². The van der Waals surface area contributed by atoms with Crippen LogP contribution >= 0.6 is 27.3 Å². The number of nitrogens with one attached hydrogen (secondary N) is 1. The molecule has 2 aromatic rings. The second-order valence-corrected chi connectivity index (χ2v) is 5.32. The summed E-state index contributed by atoms with van der Waals surface area (Å²) in [7, 11) is 0. The van der Waals surface area contributed by atoms with Crippen LogP contribution in [0.15, 0.2) is 16.6 Å². The molecule has 7 heteroatoms. The average molecular weight is 333 g/mol. The number of aromatic nitrogens is 1. The summed E-state index contributed by atoms with van der Waals surface area (Å²) in [5, 5.41) is 2.69. The van der Waals surface area contributed by atoms with Crippen molar-refractivity contribution >= 4 is 43.6 Å². The summed E-state index contributed by atoms with van der Waals surface area (Å²) < 4.78 is 19.4. The molecule has 1 aromatic heterocycles. The van der Waals surface area contributed by atoms with Crippen LogP contribution in [-0.2, 0) is 0 Å². The fourth-order valence-electron chi connectivity index (χ4n) is 1.30. The molecular formula is C11H10BrFN2O2S. The molecule has 0 aliphatic carbocycles. The lowest BCUT2D eigenvalue weighted by molar-refractivity contribution is 0.200. The van der Waals surface area contributed by atoms with E-state index in [2.05, 4.69) is 26.2 Å². The Morgan fingerprint density at radius 3 is 3.11 bits per heavy atom. The van der Waals surface area contributed by atoms with Gasteiger partial charge < -0.3 is 10.1 Å². The Bertz CT molecular complexity index is 588. The molecule has 0 radical (unpaired) electrons. The number of carbonyl (C=O) groups excluding carboxylic acids is 1. The van der Waals surface area contributed by atoms with Crippen molar-refractivity contribution in [3.05, 3.63) is 22.4 Å². The van der Waals surface area contributed by atoms with Crippen molar-refractivity contribution in [2.45, 2.75) is 13.3 Å². The van der Waals surface area contributed by atoms with Crippen LogP contribution in [-0.4, -0.2) is 17.6 Å². The van der Waals surface area contributed by atoms with Gasteiger partial charge in [-0.3, -0.25) is 0 Å². The molecule has 1 aromatic carbocycles. The van der Waals surface area contributed by atoms with E-state index in [0.717, 1.165) is 17.8 Å². The molecule has 96 valence electrons. The van der Waals surface area contributed by atoms with Gasteiger partial charge in [0.05, 0.1) is 14.7 Å². The molecule has 18 heavy (non-hydrogen) atoms. The zero-order valence-corrected chi connectivity index (χ0v) is 11.9. The van der Waals surface area contributed by atoms with Gasteiger partial charge in [0.1, 0.15) is 0 Å². The predicted octanol–water partition coefficient (Wildman–Crippen LogP) is 3.70. The van der Waals surface area contributed by atoms with Crippen molar-refractivity contribution in [3.8, 4) is 5.19 Å². The summed E-state index contributed by atoms with van der Waals surface area (Å²) in [6.45, 7) is 2.47. The van der Waals surface area contributed by atoms with Gasteiger partial charge in [-0.05, 0) is 34.5 Å². The Balaban J connectivity index is 2.20. The van der Waals surface area contributed by atoms with Crippen LogP contribution in [0.5, 0.6) is 5.19 Å². The maximum Gasteiger partial charge on any atom is 0.414 e. The minimum atomic E-state index is -0.574. The zero-order chi connectivity index (χ0) is 13.1. The van der Waals surface area contributed by atoms with E-state index in [4.69, 9.17) is 4.74 Å². The first-order valence-electron chi connectivity index (χ1n) is 5.32. The Morgan fingerprint density at radius 1 is 1.61 bits per heavy atom. The number of carbonyl (C=O) groups is 1. The Labute approximate surface area is 115 Å². The van der Waals surface area contributed by atoms with Gasteiger partial charge in [0.15, 0.2) is 5.82 Å². The van der Waals surface area contributed by atoms with Crippen molar-refractivity contribution in [2.75, 3.05) is 6.54 Å². The van der Waals surface area contributed by atoms with E-state index in [1.165, 1.54) is 0 Å². The lowest BCUT2D eigenvalue weighted by Crippen LogP contribution is -2.27.